The maximum atomic E-state index is 10.0. The van der Waals surface area contributed by atoms with Gasteiger partial charge in [-0.25, -0.2) is 5.84 Å². The van der Waals surface area contributed by atoms with E-state index < -0.39 is 11.6 Å². The Hall–Kier alpha value is -1.14. The zero-order valence-corrected chi connectivity index (χ0v) is 10.7. The van der Waals surface area contributed by atoms with Crippen LogP contribution in [0.2, 0.25) is 0 Å². The molecular weight excluding hydrogens is 232 g/mol. The fourth-order valence-electron chi connectivity index (χ4n) is 2.22. The first-order chi connectivity index (χ1) is 8.58. The van der Waals surface area contributed by atoms with Gasteiger partial charge in [-0.05, 0) is 31.9 Å². The van der Waals surface area contributed by atoms with Crippen LogP contribution < -0.4 is 10.9 Å². The Morgan fingerprint density at radius 2 is 1.67 bits per heavy atom. The highest BCUT2D eigenvalue weighted by Gasteiger charge is 2.39. The lowest BCUT2D eigenvalue weighted by Gasteiger charge is -2.44. The molecule has 0 amide bonds. The van der Waals surface area contributed by atoms with Crippen molar-refractivity contribution in [2.45, 2.75) is 31.4 Å². The zero-order chi connectivity index (χ0) is 13.6. The third-order valence-corrected chi connectivity index (χ3v) is 3.38. The van der Waals surface area contributed by atoms with Gasteiger partial charge in [-0.2, -0.15) is 0 Å². The summed E-state index contributed by atoms with van der Waals surface area (Å²) in [6.45, 7) is 1.41. The molecule has 0 bridgehead atoms. The number of anilines is 1. The van der Waals surface area contributed by atoms with Crippen LogP contribution in [0.15, 0.2) is 30.3 Å². The Balaban J connectivity index is 3.08. The van der Waals surface area contributed by atoms with Crippen molar-refractivity contribution in [1.82, 2.24) is 0 Å². The number of aliphatic hydroxyl groups excluding tert-OH is 3. The van der Waals surface area contributed by atoms with Crippen LogP contribution in [0.1, 0.15) is 19.8 Å². The quantitative estimate of drug-likeness (QED) is 0.414. The van der Waals surface area contributed by atoms with Gasteiger partial charge in [0, 0.05) is 13.2 Å². The van der Waals surface area contributed by atoms with E-state index in [0.717, 1.165) is 5.69 Å². The maximum Gasteiger partial charge on any atom is 0.0859 e. The Bertz CT molecular complexity index is 337. The Morgan fingerprint density at radius 3 is 2.06 bits per heavy atom. The van der Waals surface area contributed by atoms with Crippen molar-refractivity contribution in [3.05, 3.63) is 30.3 Å². The molecule has 0 saturated heterocycles. The van der Waals surface area contributed by atoms with E-state index in [1.807, 2.05) is 30.3 Å². The monoisotopic (exact) mass is 254 g/mol. The molecule has 0 aromatic heterocycles. The summed E-state index contributed by atoms with van der Waals surface area (Å²) in [5, 5.41) is 29.9. The van der Waals surface area contributed by atoms with Crippen LogP contribution in [0.25, 0.3) is 0 Å². The van der Waals surface area contributed by atoms with Crippen molar-refractivity contribution in [2.75, 3.05) is 18.2 Å². The highest BCUT2D eigenvalue weighted by Crippen LogP contribution is 2.30. The van der Waals surface area contributed by atoms with Gasteiger partial charge in [-0.1, -0.05) is 18.2 Å². The van der Waals surface area contributed by atoms with E-state index in [-0.39, 0.29) is 26.1 Å². The van der Waals surface area contributed by atoms with Gasteiger partial charge in [0.2, 0.25) is 0 Å². The molecule has 0 heterocycles. The van der Waals surface area contributed by atoms with Gasteiger partial charge in [0.15, 0.2) is 0 Å². The fourth-order valence-corrected chi connectivity index (χ4v) is 2.22. The van der Waals surface area contributed by atoms with E-state index in [4.69, 9.17) is 5.84 Å². The molecule has 1 rings (SSSR count). The van der Waals surface area contributed by atoms with E-state index in [2.05, 4.69) is 0 Å². The minimum Gasteiger partial charge on any atom is -0.396 e. The Kier molecular flexibility index (Phi) is 5.55. The lowest BCUT2D eigenvalue weighted by Crippen LogP contribution is -2.60. The topological polar surface area (TPSA) is 90.0 Å². The third-order valence-electron chi connectivity index (χ3n) is 3.38. The van der Waals surface area contributed by atoms with E-state index in [1.165, 1.54) is 5.01 Å². The third kappa shape index (κ3) is 3.00. The lowest BCUT2D eigenvalue weighted by molar-refractivity contribution is 0.0550. The average Bonchev–Trinajstić information content (AvgIpc) is 2.38. The molecule has 0 spiro atoms. The van der Waals surface area contributed by atoms with Crippen LogP contribution in [0.3, 0.4) is 0 Å². The second-order valence-electron chi connectivity index (χ2n) is 4.43. The van der Waals surface area contributed by atoms with Gasteiger partial charge in [-0.3, -0.25) is 0 Å². The largest absolute Gasteiger partial charge is 0.396 e. The number of nitrogens with two attached hydrogens (primary N) is 1. The molecule has 0 aliphatic carbocycles. The SMILES string of the molecule is CC(O)C(CCO)(CCO)N(N)c1ccccc1. The van der Waals surface area contributed by atoms with Gasteiger partial charge in [0.05, 0.1) is 17.3 Å². The first kappa shape index (κ1) is 14.9. The standard InChI is InChI=1S/C13H22N2O3/c1-11(18)13(7-9-16,8-10-17)15(14)12-5-3-2-4-6-12/h2-6,11,16-18H,7-10,14H2,1H3. The molecule has 5 nitrogen and oxygen atoms in total. The molecule has 18 heavy (non-hydrogen) atoms. The Labute approximate surface area is 107 Å². The van der Waals surface area contributed by atoms with Gasteiger partial charge in [0.1, 0.15) is 0 Å². The minimum atomic E-state index is -0.870. The molecule has 1 atom stereocenters. The number of benzene rings is 1. The van der Waals surface area contributed by atoms with Crippen molar-refractivity contribution < 1.29 is 15.3 Å². The summed E-state index contributed by atoms with van der Waals surface area (Å²) in [5.74, 6) is 6.10. The van der Waals surface area contributed by atoms with E-state index in [0.29, 0.717) is 0 Å². The average molecular weight is 254 g/mol. The molecule has 5 heteroatoms. The molecule has 1 aromatic carbocycles. The highest BCUT2D eigenvalue weighted by atomic mass is 16.3. The van der Waals surface area contributed by atoms with Gasteiger partial charge >= 0.3 is 0 Å². The first-order valence-corrected chi connectivity index (χ1v) is 6.08. The first-order valence-electron chi connectivity index (χ1n) is 6.08. The molecule has 1 unspecified atom stereocenters. The summed E-state index contributed by atoms with van der Waals surface area (Å²) in [5.41, 5.74) is -0.134. The smallest absolute Gasteiger partial charge is 0.0859 e. The number of nitrogens with zero attached hydrogens (tertiary/aromatic N) is 1. The molecule has 1 aromatic rings. The number of hydrazine groups is 1. The van der Waals surface area contributed by atoms with E-state index >= 15 is 0 Å². The number of hydrogen-bond acceptors (Lipinski definition) is 5. The molecular formula is C13H22N2O3. The highest BCUT2D eigenvalue weighted by molar-refractivity contribution is 5.47. The fraction of sp³-hybridized carbons (Fsp3) is 0.538. The van der Waals surface area contributed by atoms with Gasteiger partial charge in [-0.15, -0.1) is 0 Å². The molecule has 5 N–H and O–H groups in total. The summed E-state index contributed by atoms with van der Waals surface area (Å²) >= 11 is 0. The molecule has 0 fully saturated rings. The van der Waals surface area contributed by atoms with Crippen LogP contribution in [0.4, 0.5) is 5.69 Å². The second-order valence-corrected chi connectivity index (χ2v) is 4.43. The molecule has 0 aliphatic rings. The Morgan fingerprint density at radius 1 is 1.17 bits per heavy atom. The maximum absolute atomic E-state index is 10.0. The van der Waals surface area contributed by atoms with Crippen LogP contribution in [-0.2, 0) is 0 Å². The van der Waals surface area contributed by atoms with Gasteiger partial charge in [0.25, 0.3) is 0 Å². The van der Waals surface area contributed by atoms with Crippen LogP contribution in [0, 0.1) is 0 Å². The van der Waals surface area contributed by atoms with E-state index in [1.54, 1.807) is 6.92 Å². The number of aliphatic hydroxyl groups is 3. The van der Waals surface area contributed by atoms with Crippen molar-refractivity contribution in [3.8, 4) is 0 Å². The molecule has 102 valence electrons. The summed E-state index contributed by atoms with van der Waals surface area (Å²) in [7, 11) is 0. The molecule has 0 radical (unpaired) electrons. The van der Waals surface area contributed by atoms with Gasteiger partial charge < -0.3 is 20.3 Å². The second kappa shape index (κ2) is 6.70. The predicted molar refractivity (Wildman–Crippen MR) is 70.9 cm³/mol. The molecule has 0 saturated carbocycles. The number of para-hydroxylation sites is 1. The zero-order valence-electron chi connectivity index (χ0n) is 10.7. The van der Waals surface area contributed by atoms with Crippen LogP contribution in [0.5, 0.6) is 0 Å². The summed E-state index contributed by atoms with van der Waals surface area (Å²) in [4.78, 5) is 0. The van der Waals surface area contributed by atoms with Crippen molar-refractivity contribution in [2.24, 2.45) is 5.84 Å². The van der Waals surface area contributed by atoms with Crippen molar-refractivity contribution in [1.29, 1.82) is 0 Å². The summed E-state index contributed by atoms with van der Waals surface area (Å²) in [6, 6.07) is 9.22. The summed E-state index contributed by atoms with van der Waals surface area (Å²) in [6.07, 6.45) is -0.199. The summed E-state index contributed by atoms with van der Waals surface area (Å²) < 4.78 is 0. The van der Waals surface area contributed by atoms with Crippen molar-refractivity contribution >= 4 is 5.69 Å². The van der Waals surface area contributed by atoms with E-state index in [9.17, 15) is 15.3 Å². The lowest BCUT2D eigenvalue weighted by atomic mass is 9.85. The van der Waals surface area contributed by atoms with Crippen LogP contribution in [-0.4, -0.2) is 40.2 Å². The number of hydrogen-bond donors (Lipinski definition) is 4. The van der Waals surface area contributed by atoms with Crippen LogP contribution >= 0.6 is 0 Å². The minimum absolute atomic E-state index is 0.106. The number of rotatable bonds is 7. The predicted octanol–water partition coefficient (Wildman–Crippen LogP) is 0.251. The molecule has 0 aliphatic heterocycles. The normalized spacial score (nSPS) is 13.4. The van der Waals surface area contributed by atoms with Crippen molar-refractivity contribution in [3.63, 3.8) is 0 Å².